The van der Waals surface area contributed by atoms with Crippen LogP contribution in [0.2, 0.25) is 0 Å². The van der Waals surface area contributed by atoms with Gasteiger partial charge in [-0.05, 0) is 25.7 Å². The summed E-state index contributed by atoms with van der Waals surface area (Å²) in [5.41, 5.74) is 1.48. The van der Waals surface area contributed by atoms with Crippen LogP contribution >= 0.6 is 11.6 Å². The number of alkyl halides is 1. The maximum absolute atomic E-state index is 6.03. The highest BCUT2D eigenvalue weighted by Gasteiger charge is 2.19. The molecule has 0 saturated carbocycles. The van der Waals surface area contributed by atoms with E-state index in [0.29, 0.717) is 29.2 Å². The lowest BCUT2D eigenvalue weighted by Crippen LogP contribution is -2.10. The van der Waals surface area contributed by atoms with E-state index >= 15 is 0 Å². The number of hydrogen-bond donors (Lipinski definition) is 0. The molecule has 0 aromatic carbocycles. The fraction of sp³-hybridized carbons (Fsp3) is 0.643. The molecule has 2 rings (SSSR count). The van der Waals surface area contributed by atoms with Crippen LogP contribution in [0.15, 0.2) is 6.33 Å². The number of hydrogen-bond acceptors (Lipinski definition) is 4. The molecule has 0 fully saturated rings. The van der Waals surface area contributed by atoms with Crippen LogP contribution in [0.4, 0.5) is 0 Å². The van der Waals surface area contributed by atoms with Crippen molar-refractivity contribution in [3.8, 4) is 5.88 Å². The van der Waals surface area contributed by atoms with Gasteiger partial charge < -0.3 is 9.30 Å². The van der Waals surface area contributed by atoms with E-state index in [1.54, 1.807) is 7.11 Å². The van der Waals surface area contributed by atoms with E-state index < -0.39 is 0 Å². The molecule has 0 spiro atoms. The first-order valence-electron chi connectivity index (χ1n) is 6.90. The topological polar surface area (TPSA) is 52.8 Å². The molecule has 2 heterocycles. The van der Waals surface area contributed by atoms with Gasteiger partial charge in [0, 0.05) is 6.04 Å². The summed E-state index contributed by atoms with van der Waals surface area (Å²) in [4.78, 5) is 13.0. The van der Waals surface area contributed by atoms with Crippen LogP contribution < -0.4 is 4.74 Å². The summed E-state index contributed by atoms with van der Waals surface area (Å²) in [5, 5.41) is 0. The molecule has 0 aliphatic carbocycles. The van der Waals surface area contributed by atoms with E-state index in [4.69, 9.17) is 16.3 Å². The van der Waals surface area contributed by atoms with E-state index in [0.717, 1.165) is 24.3 Å². The van der Waals surface area contributed by atoms with Gasteiger partial charge in [0.2, 0.25) is 5.88 Å². The Balaban J connectivity index is 2.45. The predicted molar refractivity (Wildman–Crippen MR) is 80.2 cm³/mol. The Hall–Kier alpha value is -1.36. The van der Waals surface area contributed by atoms with Gasteiger partial charge in [0.05, 0.1) is 13.0 Å². The lowest BCUT2D eigenvalue weighted by molar-refractivity contribution is 0.401. The van der Waals surface area contributed by atoms with Crippen LogP contribution in [0.3, 0.4) is 0 Å². The monoisotopic (exact) mass is 296 g/mol. The minimum atomic E-state index is 0.302. The summed E-state index contributed by atoms with van der Waals surface area (Å²) in [5.74, 6) is 2.34. The molecule has 0 bridgehead atoms. The van der Waals surface area contributed by atoms with Gasteiger partial charge in [-0.1, -0.05) is 13.8 Å². The van der Waals surface area contributed by atoms with E-state index in [-0.39, 0.29) is 0 Å². The van der Waals surface area contributed by atoms with Gasteiger partial charge in [-0.3, -0.25) is 0 Å². The summed E-state index contributed by atoms with van der Waals surface area (Å²) < 4.78 is 7.35. The second-order valence-corrected chi connectivity index (χ2v) is 5.67. The zero-order valence-electron chi connectivity index (χ0n) is 12.4. The Morgan fingerprint density at radius 1 is 1.25 bits per heavy atom. The molecule has 0 N–H and O–H groups in total. The molecule has 0 aliphatic heterocycles. The van der Waals surface area contributed by atoms with Crippen molar-refractivity contribution >= 4 is 22.8 Å². The molecule has 2 aromatic rings. The average Bonchev–Trinajstić information content (AvgIpc) is 2.82. The number of fused-ring (bicyclic) bond motifs is 1. The average molecular weight is 297 g/mol. The van der Waals surface area contributed by atoms with E-state index in [9.17, 15) is 0 Å². The maximum Gasteiger partial charge on any atom is 0.245 e. The Labute approximate surface area is 124 Å². The van der Waals surface area contributed by atoms with Crippen molar-refractivity contribution in [2.24, 2.45) is 5.92 Å². The second-order valence-electron chi connectivity index (χ2n) is 5.41. The fourth-order valence-corrected chi connectivity index (χ4v) is 2.53. The van der Waals surface area contributed by atoms with Gasteiger partial charge in [0.15, 0.2) is 11.2 Å². The van der Waals surface area contributed by atoms with Crippen molar-refractivity contribution in [2.75, 3.05) is 7.11 Å². The molecule has 0 saturated heterocycles. The zero-order valence-corrected chi connectivity index (χ0v) is 13.2. The highest BCUT2D eigenvalue weighted by atomic mass is 35.5. The van der Waals surface area contributed by atoms with Crippen LogP contribution in [0.5, 0.6) is 5.88 Å². The lowest BCUT2D eigenvalue weighted by atomic mass is 10.0. The van der Waals surface area contributed by atoms with Crippen molar-refractivity contribution in [1.29, 1.82) is 0 Å². The molecular weight excluding hydrogens is 276 g/mol. The normalized spacial score (nSPS) is 13.1. The summed E-state index contributed by atoms with van der Waals surface area (Å²) in [6, 6.07) is 0.302. The van der Waals surface area contributed by atoms with Gasteiger partial charge in [0.25, 0.3) is 0 Å². The maximum atomic E-state index is 6.03. The molecule has 5 nitrogen and oxygen atoms in total. The van der Waals surface area contributed by atoms with Crippen LogP contribution in [0.1, 0.15) is 45.5 Å². The summed E-state index contributed by atoms with van der Waals surface area (Å²) in [6.07, 6.45) is 3.73. The molecular formula is C14H21ClN4O. The molecule has 1 unspecified atom stereocenters. The molecule has 0 amide bonds. The van der Waals surface area contributed by atoms with E-state index in [2.05, 4.69) is 40.3 Å². The Bertz CT molecular complexity index is 582. The highest BCUT2D eigenvalue weighted by molar-refractivity contribution is 6.16. The van der Waals surface area contributed by atoms with Crippen LogP contribution in [-0.4, -0.2) is 26.6 Å². The largest absolute Gasteiger partial charge is 0.479 e. The quantitative estimate of drug-likeness (QED) is 0.765. The van der Waals surface area contributed by atoms with Crippen molar-refractivity contribution < 1.29 is 4.74 Å². The third-order valence-electron chi connectivity index (χ3n) is 3.43. The predicted octanol–water partition coefficient (Wildman–Crippen LogP) is 3.57. The van der Waals surface area contributed by atoms with Crippen molar-refractivity contribution in [3.63, 3.8) is 0 Å². The Morgan fingerprint density at radius 2 is 2.00 bits per heavy atom. The Kier molecular flexibility index (Phi) is 4.81. The first-order chi connectivity index (χ1) is 9.58. The SMILES string of the molecule is COc1ncnc2c1nc(CCl)n2C(C)CCC(C)C. The van der Waals surface area contributed by atoms with E-state index in [1.165, 1.54) is 6.33 Å². The smallest absolute Gasteiger partial charge is 0.245 e. The molecule has 0 radical (unpaired) electrons. The summed E-state index contributed by atoms with van der Waals surface area (Å²) in [7, 11) is 1.59. The van der Waals surface area contributed by atoms with Gasteiger partial charge >= 0.3 is 0 Å². The van der Waals surface area contributed by atoms with Gasteiger partial charge in [-0.2, -0.15) is 4.98 Å². The minimum Gasteiger partial charge on any atom is -0.479 e. The van der Waals surface area contributed by atoms with Gasteiger partial charge in [-0.15, -0.1) is 11.6 Å². The minimum absolute atomic E-state index is 0.302. The second kappa shape index (κ2) is 6.39. The van der Waals surface area contributed by atoms with Crippen molar-refractivity contribution in [1.82, 2.24) is 19.5 Å². The molecule has 20 heavy (non-hydrogen) atoms. The zero-order chi connectivity index (χ0) is 14.7. The van der Waals surface area contributed by atoms with E-state index in [1.807, 2.05) is 0 Å². The number of halogens is 1. The Morgan fingerprint density at radius 3 is 2.60 bits per heavy atom. The number of aromatic nitrogens is 4. The van der Waals surface area contributed by atoms with Crippen LogP contribution in [0.25, 0.3) is 11.2 Å². The molecule has 110 valence electrons. The van der Waals surface area contributed by atoms with Gasteiger partial charge in [0.1, 0.15) is 12.2 Å². The number of methoxy groups -OCH3 is 1. The first kappa shape index (κ1) is 15.0. The third-order valence-corrected chi connectivity index (χ3v) is 3.67. The number of ether oxygens (including phenoxy) is 1. The van der Waals surface area contributed by atoms with Crippen LogP contribution in [0, 0.1) is 5.92 Å². The lowest BCUT2D eigenvalue weighted by Gasteiger charge is -2.17. The molecule has 0 aliphatic rings. The highest BCUT2D eigenvalue weighted by Crippen LogP contribution is 2.28. The molecule has 2 aromatic heterocycles. The molecule has 1 atom stereocenters. The number of imidazole rings is 1. The number of rotatable bonds is 6. The van der Waals surface area contributed by atoms with Gasteiger partial charge in [-0.25, -0.2) is 9.97 Å². The summed E-state index contributed by atoms with van der Waals surface area (Å²) >= 11 is 6.03. The summed E-state index contributed by atoms with van der Waals surface area (Å²) in [6.45, 7) is 6.63. The fourth-order valence-electron chi connectivity index (χ4n) is 2.34. The number of nitrogens with zero attached hydrogens (tertiary/aromatic N) is 4. The van der Waals surface area contributed by atoms with Crippen molar-refractivity contribution in [3.05, 3.63) is 12.2 Å². The van der Waals surface area contributed by atoms with Crippen LogP contribution in [-0.2, 0) is 5.88 Å². The van der Waals surface area contributed by atoms with Crippen molar-refractivity contribution in [2.45, 2.75) is 45.5 Å². The standard InChI is InChI=1S/C14H21ClN4O/c1-9(2)5-6-10(3)19-11(7-15)18-12-13(19)16-8-17-14(12)20-4/h8-10H,5-7H2,1-4H3. The molecule has 6 heteroatoms. The third kappa shape index (κ3) is 2.87. The first-order valence-corrected chi connectivity index (χ1v) is 7.43.